The summed E-state index contributed by atoms with van der Waals surface area (Å²) in [7, 11) is 0. The molecule has 0 radical (unpaired) electrons. The number of carbonyl (C=O) groups excluding carboxylic acids is 2. The van der Waals surface area contributed by atoms with Gasteiger partial charge in [-0.15, -0.1) is 0 Å². The van der Waals surface area contributed by atoms with Gasteiger partial charge in [0, 0.05) is 31.5 Å². The molecule has 120 valence electrons. The Hall–Kier alpha value is -2.02. The van der Waals surface area contributed by atoms with Crippen molar-refractivity contribution in [1.82, 2.24) is 20.2 Å². The minimum absolute atomic E-state index is 0.00664. The number of piperidine rings is 1. The number of amides is 2. The van der Waals surface area contributed by atoms with Gasteiger partial charge >= 0.3 is 0 Å². The zero-order valence-electron chi connectivity index (χ0n) is 13.0. The number of rotatable bonds is 4. The first-order chi connectivity index (χ1) is 10.5. The Bertz CT molecular complexity index is 512. The second-order valence-electron chi connectivity index (χ2n) is 5.79. The lowest BCUT2D eigenvalue weighted by molar-refractivity contribution is -0.133. The van der Waals surface area contributed by atoms with Crippen molar-refractivity contribution in [2.75, 3.05) is 13.1 Å². The molecular formula is C15H23N5O2. The molecule has 0 spiro atoms. The van der Waals surface area contributed by atoms with Crippen LogP contribution in [0.2, 0.25) is 0 Å². The maximum absolute atomic E-state index is 12.0. The van der Waals surface area contributed by atoms with E-state index in [2.05, 4.69) is 15.3 Å². The first-order valence-corrected chi connectivity index (χ1v) is 7.61. The molecule has 0 aliphatic carbocycles. The van der Waals surface area contributed by atoms with E-state index in [1.165, 1.54) is 0 Å². The minimum atomic E-state index is -0.455. The fourth-order valence-electron chi connectivity index (χ4n) is 2.71. The van der Waals surface area contributed by atoms with Crippen molar-refractivity contribution in [3.63, 3.8) is 0 Å². The van der Waals surface area contributed by atoms with Crippen molar-refractivity contribution >= 4 is 11.8 Å². The third-order valence-electron chi connectivity index (χ3n) is 4.08. The van der Waals surface area contributed by atoms with Crippen LogP contribution in [0.15, 0.2) is 18.5 Å². The molecule has 1 aliphatic rings. The molecule has 0 aromatic carbocycles. The molecule has 1 aromatic heterocycles. The molecule has 0 bridgehead atoms. The van der Waals surface area contributed by atoms with E-state index < -0.39 is 6.04 Å². The summed E-state index contributed by atoms with van der Waals surface area (Å²) in [5.74, 6) is 0.249. The maximum atomic E-state index is 12.0. The van der Waals surface area contributed by atoms with Gasteiger partial charge in [-0.3, -0.25) is 9.59 Å². The molecule has 22 heavy (non-hydrogen) atoms. The number of nitrogens with one attached hydrogen (secondary N) is 1. The van der Waals surface area contributed by atoms with Gasteiger partial charge in [0.2, 0.25) is 11.7 Å². The van der Waals surface area contributed by atoms with Gasteiger partial charge in [-0.2, -0.15) is 0 Å². The van der Waals surface area contributed by atoms with Crippen LogP contribution >= 0.6 is 0 Å². The van der Waals surface area contributed by atoms with Gasteiger partial charge in [0.25, 0.3) is 5.91 Å². The van der Waals surface area contributed by atoms with E-state index in [1.807, 2.05) is 6.92 Å². The van der Waals surface area contributed by atoms with Crippen LogP contribution < -0.4 is 11.1 Å². The smallest absolute Gasteiger partial charge is 0.289 e. The summed E-state index contributed by atoms with van der Waals surface area (Å²) in [5, 5.41) is 2.94. The molecular weight excluding hydrogens is 282 g/mol. The lowest BCUT2D eigenvalue weighted by Gasteiger charge is -2.35. The quantitative estimate of drug-likeness (QED) is 0.826. The Balaban J connectivity index is 1.84. The Morgan fingerprint density at radius 2 is 1.86 bits per heavy atom. The van der Waals surface area contributed by atoms with E-state index in [4.69, 9.17) is 5.73 Å². The maximum Gasteiger partial charge on any atom is 0.289 e. The van der Waals surface area contributed by atoms with E-state index in [9.17, 15) is 9.59 Å². The third kappa shape index (κ3) is 4.00. The van der Waals surface area contributed by atoms with E-state index in [0.717, 1.165) is 12.8 Å². The van der Waals surface area contributed by atoms with Crippen LogP contribution in [0.5, 0.6) is 0 Å². The van der Waals surface area contributed by atoms with Crippen LogP contribution in [-0.2, 0) is 4.79 Å². The number of aromatic nitrogens is 2. The number of nitrogens with zero attached hydrogens (tertiary/aromatic N) is 3. The number of nitrogens with two attached hydrogens (primary N) is 1. The summed E-state index contributed by atoms with van der Waals surface area (Å²) in [6.07, 6.45) is 4.81. The van der Waals surface area contributed by atoms with Crippen LogP contribution in [0.4, 0.5) is 0 Å². The second kappa shape index (κ2) is 7.31. The molecule has 2 amide bonds. The number of hydrogen-bond acceptors (Lipinski definition) is 5. The largest absolute Gasteiger partial charge is 0.347 e. The SMILES string of the molecule is CC(NC(=O)c1ncccn1)C1CCN(C(=O)[C@H](C)N)CC1. The van der Waals surface area contributed by atoms with Crippen molar-refractivity contribution < 1.29 is 9.59 Å². The third-order valence-corrected chi connectivity index (χ3v) is 4.08. The Labute approximate surface area is 130 Å². The fourth-order valence-corrected chi connectivity index (χ4v) is 2.71. The molecule has 1 aromatic rings. The highest BCUT2D eigenvalue weighted by Gasteiger charge is 2.28. The summed E-state index contributed by atoms with van der Waals surface area (Å²) in [6, 6.07) is 1.23. The van der Waals surface area contributed by atoms with Crippen molar-refractivity contribution in [2.45, 2.75) is 38.8 Å². The van der Waals surface area contributed by atoms with Crippen LogP contribution in [-0.4, -0.2) is 51.9 Å². The van der Waals surface area contributed by atoms with Crippen LogP contribution in [0.1, 0.15) is 37.3 Å². The lowest BCUT2D eigenvalue weighted by atomic mass is 9.90. The number of hydrogen-bond donors (Lipinski definition) is 2. The van der Waals surface area contributed by atoms with Crippen LogP contribution in [0, 0.1) is 5.92 Å². The van der Waals surface area contributed by atoms with E-state index in [-0.39, 0.29) is 23.7 Å². The topological polar surface area (TPSA) is 101 Å². The lowest BCUT2D eigenvalue weighted by Crippen LogP contribution is -2.49. The predicted molar refractivity (Wildman–Crippen MR) is 81.9 cm³/mol. The highest BCUT2D eigenvalue weighted by Crippen LogP contribution is 2.21. The molecule has 2 rings (SSSR count). The van der Waals surface area contributed by atoms with Gasteiger partial charge in [0.1, 0.15) is 0 Å². The summed E-state index contributed by atoms with van der Waals surface area (Å²) in [5.41, 5.74) is 5.63. The van der Waals surface area contributed by atoms with Gasteiger partial charge in [0.15, 0.2) is 0 Å². The van der Waals surface area contributed by atoms with Gasteiger partial charge in [-0.1, -0.05) is 0 Å². The van der Waals surface area contributed by atoms with Gasteiger partial charge < -0.3 is 16.0 Å². The first kappa shape index (κ1) is 16.4. The highest BCUT2D eigenvalue weighted by molar-refractivity contribution is 5.90. The van der Waals surface area contributed by atoms with Gasteiger partial charge in [-0.25, -0.2) is 9.97 Å². The Morgan fingerprint density at radius 1 is 1.27 bits per heavy atom. The van der Waals surface area contributed by atoms with Crippen molar-refractivity contribution in [2.24, 2.45) is 11.7 Å². The molecule has 7 heteroatoms. The molecule has 1 fully saturated rings. The van der Waals surface area contributed by atoms with E-state index in [0.29, 0.717) is 19.0 Å². The Morgan fingerprint density at radius 3 is 2.41 bits per heavy atom. The van der Waals surface area contributed by atoms with Crippen LogP contribution in [0.3, 0.4) is 0 Å². The minimum Gasteiger partial charge on any atom is -0.347 e. The molecule has 1 saturated heterocycles. The van der Waals surface area contributed by atoms with Crippen molar-refractivity contribution in [3.05, 3.63) is 24.3 Å². The summed E-state index contributed by atoms with van der Waals surface area (Å²) < 4.78 is 0. The average Bonchev–Trinajstić information content (AvgIpc) is 2.55. The highest BCUT2D eigenvalue weighted by atomic mass is 16.2. The molecule has 2 heterocycles. The predicted octanol–water partition coefficient (Wildman–Crippen LogP) is 0.181. The standard InChI is InChI=1S/C15H23N5O2/c1-10(16)15(22)20-8-4-12(5-9-20)11(2)19-14(21)13-17-6-3-7-18-13/h3,6-7,10-12H,4-5,8-9,16H2,1-2H3,(H,19,21)/t10-,11?/m0/s1. The zero-order valence-corrected chi connectivity index (χ0v) is 13.0. The molecule has 1 aliphatic heterocycles. The molecule has 0 saturated carbocycles. The van der Waals surface area contributed by atoms with Crippen molar-refractivity contribution in [1.29, 1.82) is 0 Å². The first-order valence-electron chi connectivity index (χ1n) is 7.61. The molecule has 2 atom stereocenters. The summed E-state index contributed by atoms with van der Waals surface area (Å²) in [6.45, 7) is 5.06. The number of likely N-dealkylation sites (tertiary alicyclic amines) is 1. The Kier molecular flexibility index (Phi) is 5.43. The number of carbonyl (C=O) groups is 2. The molecule has 3 N–H and O–H groups in total. The summed E-state index contributed by atoms with van der Waals surface area (Å²) >= 11 is 0. The molecule has 1 unspecified atom stereocenters. The monoisotopic (exact) mass is 305 g/mol. The zero-order chi connectivity index (χ0) is 16.1. The van der Waals surface area contributed by atoms with Gasteiger partial charge in [0.05, 0.1) is 6.04 Å². The van der Waals surface area contributed by atoms with Crippen molar-refractivity contribution in [3.8, 4) is 0 Å². The van der Waals surface area contributed by atoms with Crippen LogP contribution in [0.25, 0.3) is 0 Å². The van der Waals surface area contributed by atoms with E-state index in [1.54, 1.807) is 30.3 Å². The molecule has 7 nitrogen and oxygen atoms in total. The second-order valence-corrected chi connectivity index (χ2v) is 5.79. The van der Waals surface area contributed by atoms with Gasteiger partial charge in [-0.05, 0) is 38.7 Å². The normalized spacial score (nSPS) is 18.6. The van der Waals surface area contributed by atoms with E-state index >= 15 is 0 Å². The summed E-state index contributed by atoms with van der Waals surface area (Å²) in [4.78, 5) is 33.6. The fraction of sp³-hybridized carbons (Fsp3) is 0.600. The average molecular weight is 305 g/mol.